The van der Waals surface area contributed by atoms with Gasteiger partial charge in [0, 0.05) is 53.7 Å². The van der Waals surface area contributed by atoms with E-state index in [9.17, 15) is 0 Å². The minimum Gasteiger partial charge on any atom is -0.377 e. The Hall–Kier alpha value is 0.0338. The molecule has 0 aromatic carbocycles. The topological polar surface area (TPSA) is 159 Å². The maximum Gasteiger partial charge on any atom is 0.500 e. The standard InChI is InChI=1S/2C8H22N2O3Si/c2*1-11-14(12-2,8-4-6-10)13-7-3-5-9/h2*3-10H2,1-2H3. The summed E-state index contributed by atoms with van der Waals surface area (Å²) in [5, 5.41) is 0. The number of rotatable bonds is 18. The van der Waals surface area contributed by atoms with Crippen LogP contribution in [0, 0.1) is 0 Å². The van der Waals surface area contributed by atoms with E-state index in [-0.39, 0.29) is 0 Å². The second-order valence-electron chi connectivity index (χ2n) is 5.95. The predicted molar refractivity (Wildman–Crippen MR) is 116 cm³/mol. The van der Waals surface area contributed by atoms with Gasteiger partial charge < -0.3 is 49.5 Å². The molecule has 0 rings (SSSR count). The van der Waals surface area contributed by atoms with Crippen molar-refractivity contribution in [3.63, 3.8) is 0 Å². The zero-order chi connectivity index (χ0) is 21.7. The van der Waals surface area contributed by atoms with E-state index in [4.69, 9.17) is 49.5 Å². The highest BCUT2D eigenvalue weighted by Crippen LogP contribution is 2.16. The van der Waals surface area contributed by atoms with Crippen molar-refractivity contribution in [1.82, 2.24) is 0 Å². The van der Waals surface area contributed by atoms with E-state index in [1.807, 2.05) is 0 Å². The van der Waals surface area contributed by atoms with Gasteiger partial charge in [0.15, 0.2) is 0 Å². The van der Waals surface area contributed by atoms with Crippen LogP contribution in [-0.2, 0) is 26.6 Å². The van der Waals surface area contributed by atoms with Gasteiger partial charge in [-0.15, -0.1) is 0 Å². The van der Waals surface area contributed by atoms with Crippen LogP contribution in [0.1, 0.15) is 25.7 Å². The molecule has 0 aliphatic carbocycles. The first-order chi connectivity index (χ1) is 13.5. The van der Waals surface area contributed by atoms with Crippen molar-refractivity contribution in [1.29, 1.82) is 0 Å². The molecular weight excluding hydrogens is 400 g/mol. The summed E-state index contributed by atoms with van der Waals surface area (Å²) < 4.78 is 32.6. The molecule has 0 aromatic rings. The lowest BCUT2D eigenvalue weighted by molar-refractivity contribution is 0.0967. The molecular formula is C16H44N4O6Si2. The SMILES string of the molecule is CO[Si](CCCN)(OC)OCCCN.CO[Si](CCCN)(OC)OCCCN. The fourth-order valence-electron chi connectivity index (χ4n) is 2.21. The summed E-state index contributed by atoms with van der Waals surface area (Å²) in [6.07, 6.45) is 3.36. The van der Waals surface area contributed by atoms with Gasteiger partial charge in [0.05, 0.1) is 0 Å². The molecule has 0 spiro atoms. The summed E-state index contributed by atoms with van der Waals surface area (Å²) >= 11 is 0. The highest BCUT2D eigenvalue weighted by atomic mass is 28.4. The zero-order valence-corrected chi connectivity index (χ0v) is 20.2. The van der Waals surface area contributed by atoms with Crippen molar-refractivity contribution in [2.45, 2.75) is 37.8 Å². The lowest BCUT2D eigenvalue weighted by Gasteiger charge is -2.26. The molecule has 0 bridgehead atoms. The summed E-state index contributed by atoms with van der Waals surface area (Å²) in [7, 11) is 1.60. The highest BCUT2D eigenvalue weighted by molar-refractivity contribution is 6.60. The molecule has 0 aliphatic heterocycles. The molecule has 0 aromatic heterocycles. The van der Waals surface area contributed by atoms with Crippen LogP contribution in [0.3, 0.4) is 0 Å². The van der Waals surface area contributed by atoms with Crippen molar-refractivity contribution in [3.8, 4) is 0 Å². The molecule has 8 N–H and O–H groups in total. The summed E-state index contributed by atoms with van der Waals surface area (Å²) in [4.78, 5) is 0. The van der Waals surface area contributed by atoms with Crippen molar-refractivity contribution in [2.75, 3.05) is 67.8 Å². The van der Waals surface area contributed by atoms with E-state index >= 15 is 0 Å². The van der Waals surface area contributed by atoms with Crippen LogP contribution in [0.4, 0.5) is 0 Å². The molecule has 10 nitrogen and oxygen atoms in total. The van der Waals surface area contributed by atoms with E-state index in [0.717, 1.165) is 37.8 Å². The van der Waals surface area contributed by atoms with Gasteiger partial charge in [0.25, 0.3) is 0 Å². The third-order valence-electron chi connectivity index (χ3n) is 3.96. The highest BCUT2D eigenvalue weighted by Gasteiger charge is 2.38. The van der Waals surface area contributed by atoms with Gasteiger partial charge in [0.1, 0.15) is 0 Å². The lowest BCUT2D eigenvalue weighted by atomic mass is 10.5. The van der Waals surface area contributed by atoms with Crippen LogP contribution in [0.5, 0.6) is 0 Å². The molecule has 28 heavy (non-hydrogen) atoms. The van der Waals surface area contributed by atoms with Crippen LogP contribution in [0.2, 0.25) is 12.1 Å². The minimum atomic E-state index is -2.44. The number of hydrogen-bond acceptors (Lipinski definition) is 10. The third-order valence-corrected chi connectivity index (χ3v) is 9.67. The maximum absolute atomic E-state index is 5.63. The van der Waals surface area contributed by atoms with Crippen LogP contribution in [-0.4, -0.2) is 85.4 Å². The van der Waals surface area contributed by atoms with Crippen molar-refractivity contribution in [3.05, 3.63) is 0 Å². The van der Waals surface area contributed by atoms with Gasteiger partial charge in [0.2, 0.25) is 0 Å². The summed E-state index contributed by atoms with van der Waals surface area (Å²) in [6.45, 7) is 3.68. The Kier molecular flexibility index (Phi) is 21.9. The van der Waals surface area contributed by atoms with Gasteiger partial charge in [-0.3, -0.25) is 0 Å². The smallest absolute Gasteiger partial charge is 0.377 e. The second kappa shape index (κ2) is 20.3. The number of nitrogens with two attached hydrogens (primary N) is 4. The van der Waals surface area contributed by atoms with Gasteiger partial charge in [-0.25, -0.2) is 0 Å². The van der Waals surface area contributed by atoms with Crippen molar-refractivity contribution >= 4 is 17.6 Å². The molecule has 0 radical (unpaired) electrons. The molecule has 172 valence electrons. The first-order valence-corrected chi connectivity index (χ1v) is 13.6. The third kappa shape index (κ3) is 14.1. The fourth-order valence-corrected chi connectivity index (χ4v) is 6.31. The average Bonchev–Trinajstić information content (AvgIpc) is 2.74. The Balaban J connectivity index is 0. The summed E-state index contributed by atoms with van der Waals surface area (Å²) in [5.41, 5.74) is 21.6. The van der Waals surface area contributed by atoms with E-state index < -0.39 is 17.6 Å². The Labute approximate surface area is 173 Å². The quantitative estimate of drug-likeness (QED) is 0.165. The molecule has 0 fully saturated rings. The van der Waals surface area contributed by atoms with Gasteiger partial charge in [-0.1, -0.05) is 0 Å². The van der Waals surface area contributed by atoms with Crippen molar-refractivity contribution < 1.29 is 26.6 Å². The second-order valence-corrected chi connectivity index (χ2v) is 11.9. The lowest BCUT2D eigenvalue weighted by Crippen LogP contribution is -2.44. The molecule has 0 aliphatic rings. The monoisotopic (exact) mass is 444 g/mol. The van der Waals surface area contributed by atoms with Crippen LogP contribution in [0.25, 0.3) is 0 Å². The predicted octanol–water partition coefficient (Wildman–Crippen LogP) is -0.135. The number of hydrogen-bond donors (Lipinski definition) is 4. The fraction of sp³-hybridized carbons (Fsp3) is 1.00. The Morgan fingerprint density at radius 1 is 0.500 bits per heavy atom. The first kappa shape index (κ1) is 30.2. The van der Waals surface area contributed by atoms with E-state index in [0.29, 0.717) is 39.4 Å². The minimum absolute atomic E-state index is 0.592. The largest absolute Gasteiger partial charge is 0.500 e. The van der Waals surface area contributed by atoms with Crippen LogP contribution < -0.4 is 22.9 Å². The van der Waals surface area contributed by atoms with E-state index in [1.54, 1.807) is 28.4 Å². The Morgan fingerprint density at radius 3 is 1.00 bits per heavy atom. The maximum atomic E-state index is 5.63. The molecule has 12 heteroatoms. The normalized spacial score (nSPS) is 12.0. The van der Waals surface area contributed by atoms with Gasteiger partial charge >= 0.3 is 17.6 Å². The molecule has 0 saturated carbocycles. The molecule has 0 unspecified atom stereocenters. The summed E-state index contributed by atoms with van der Waals surface area (Å²) in [5.74, 6) is 0. The van der Waals surface area contributed by atoms with Gasteiger partial charge in [-0.2, -0.15) is 0 Å². The molecule has 0 amide bonds. The molecule has 0 heterocycles. The Morgan fingerprint density at radius 2 is 0.786 bits per heavy atom. The zero-order valence-electron chi connectivity index (χ0n) is 18.2. The van der Waals surface area contributed by atoms with E-state index in [2.05, 4.69) is 0 Å². The van der Waals surface area contributed by atoms with Crippen LogP contribution >= 0.6 is 0 Å². The molecule has 0 atom stereocenters. The first-order valence-electron chi connectivity index (χ1n) is 9.78. The van der Waals surface area contributed by atoms with Gasteiger partial charge in [-0.05, 0) is 51.9 Å². The van der Waals surface area contributed by atoms with E-state index in [1.165, 1.54) is 0 Å². The summed E-state index contributed by atoms with van der Waals surface area (Å²) in [6, 6.07) is 1.53. The Bertz CT molecular complexity index is 298. The molecule has 0 saturated heterocycles. The van der Waals surface area contributed by atoms with Crippen molar-refractivity contribution in [2.24, 2.45) is 22.9 Å². The van der Waals surface area contributed by atoms with Crippen LogP contribution in [0.15, 0.2) is 0 Å². The average molecular weight is 445 g/mol.